The van der Waals surface area contributed by atoms with Gasteiger partial charge in [0.2, 0.25) is 5.95 Å². The predicted octanol–water partition coefficient (Wildman–Crippen LogP) is 2.81. The fourth-order valence-corrected chi connectivity index (χ4v) is 2.17. The summed E-state index contributed by atoms with van der Waals surface area (Å²) in [6, 6.07) is 15.0. The van der Waals surface area contributed by atoms with E-state index in [1.165, 1.54) is 0 Å². The Morgan fingerprint density at radius 2 is 1.22 bits per heavy atom. The molecule has 0 atom stereocenters. The van der Waals surface area contributed by atoms with Gasteiger partial charge in [0.05, 0.1) is 14.2 Å². The summed E-state index contributed by atoms with van der Waals surface area (Å²) in [5.41, 5.74) is 7.47. The molecule has 116 valence electrons. The zero-order valence-corrected chi connectivity index (χ0v) is 12.9. The van der Waals surface area contributed by atoms with E-state index in [0.717, 1.165) is 22.6 Å². The Morgan fingerprint density at radius 3 is 1.65 bits per heavy atom. The van der Waals surface area contributed by atoms with Crippen molar-refractivity contribution in [3.05, 3.63) is 48.5 Å². The number of hydrogen-bond donors (Lipinski definition) is 1. The molecule has 0 fully saturated rings. The van der Waals surface area contributed by atoms with Crippen molar-refractivity contribution in [2.75, 3.05) is 20.0 Å². The maximum Gasteiger partial charge on any atom is 0.224 e. The lowest BCUT2D eigenvalue weighted by Gasteiger charge is -2.07. The molecule has 0 aliphatic carbocycles. The van der Waals surface area contributed by atoms with Crippen molar-refractivity contribution < 1.29 is 9.47 Å². The Kier molecular flexibility index (Phi) is 4.05. The highest BCUT2D eigenvalue weighted by Gasteiger charge is 2.10. The molecular weight excluding hydrogens is 292 g/mol. The first-order valence-corrected chi connectivity index (χ1v) is 7.00. The molecule has 0 bridgehead atoms. The van der Waals surface area contributed by atoms with Crippen molar-refractivity contribution in [1.82, 2.24) is 15.0 Å². The highest BCUT2D eigenvalue weighted by Crippen LogP contribution is 2.25. The van der Waals surface area contributed by atoms with Crippen LogP contribution >= 0.6 is 0 Å². The van der Waals surface area contributed by atoms with Crippen molar-refractivity contribution in [3.8, 4) is 34.3 Å². The van der Waals surface area contributed by atoms with Gasteiger partial charge in [-0.2, -0.15) is 9.97 Å². The smallest absolute Gasteiger partial charge is 0.224 e. The number of ether oxygens (including phenoxy) is 2. The van der Waals surface area contributed by atoms with E-state index in [9.17, 15) is 0 Å². The zero-order valence-electron chi connectivity index (χ0n) is 12.9. The van der Waals surface area contributed by atoms with Gasteiger partial charge in [0, 0.05) is 11.1 Å². The number of nitrogen functional groups attached to an aromatic ring is 1. The minimum atomic E-state index is 0.163. The molecule has 3 aromatic rings. The lowest BCUT2D eigenvalue weighted by Crippen LogP contribution is -2.02. The van der Waals surface area contributed by atoms with E-state index in [1.807, 2.05) is 48.5 Å². The minimum Gasteiger partial charge on any atom is -0.497 e. The van der Waals surface area contributed by atoms with E-state index in [2.05, 4.69) is 15.0 Å². The third kappa shape index (κ3) is 3.21. The van der Waals surface area contributed by atoms with Crippen LogP contribution in [0.5, 0.6) is 11.5 Å². The van der Waals surface area contributed by atoms with Gasteiger partial charge in [-0.25, -0.2) is 4.98 Å². The molecule has 3 rings (SSSR count). The average Bonchev–Trinajstić information content (AvgIpc) is 2.61. The molecular formula is C17H16N4O2. The van der Waals surface area contributed by atoms with Crippen LogP contribution in [0.2, 0.25) is 0 Å². The summed E-state index contributed by atoms with van der Waals surface area (Å²) in [4.78, 5) is 12.9. The third-order valence-corrected chi connectivity index (χ3v) is 3.31. The van der Waals surface area contributed by atoms with E-state index in [1.54, 1.807) is 14.2 Å². The first kappa shape index (κ1) is 14.8. The molecule has 0 spiro atoms. The van der Waals surface area contributed by atoms with Gasteiger partial charge in [-0.1, -0.05) is 24.3 Å². The first-order valence-electron chi connectivity index (χ1n) is 7.00. The van der Waals surface area contributed by atoms with Gasteiger partial charge >= 0.3 is 0 Å². The summed E-state index contributed by atoms with van der Waals surface area (Å²) in [7, 11) is 3.23. The highest BCUT2D eigenvalue weighted by molar-refractivity contribution is 5.64. The number of rotatable bonds is 4. The number of aromatic nitrogens is 3. The molecule has 23 heavy (non-hydrogen) atoms. The number of anilines is 1. The SMILES string of the molecule is COc1cccc(-c2nc(N)nc(-c3cccc(OC)c3)n2)c1. The largest absolute Gasteiger partial charge is 0.497 e. The topological polar surface area (TPSA) is 83.2 Å². The first-order chi connectivity index (χ1) is 11.2. The Labute approximate surface area is 134 Å². The Bertz CT molecular complexity index is 771. The Morgan fingerprint density at radius 1 is 0.739 bits per heavy atom. The van der Waals surface area contributed by atoms with Gasteiger partial charge in [-0.15, -0.1) is 0 Å². The van der Waals surface area contributed by atoms with E-state index in [0.29, 0.717) is 11.6 Å². The van der Waals surface area contributed by atoms with Crippen molar-refractivity contribution in [2.45, 2.75) is 0 Å². The molecule has 0 saturated carbocycles. The summed E-state index contributed by atoms with van der Waals surface area (Å²) in [5.74, 6) is 2.60. The monoisotopic (exact) mass is 308 g/mol. The second kappa shape index (κ2) is 6.31. The van der Waals surface area contributed by atoms with Crippen LogP contribution in [0.1, 0.15) is 0 Å². The third-order valence-electron chi connectivity index (χ3n) is 3.31. The van der Waals surface area contributed by atoms with Gasteiger partial charge in [-0.05, 0) is 24.3 Å². The molecule has 0 aliphatic rings. The van der Waals surface area contributed by atoms with Gasteiger partial charge in [0.25, 0.3) is 0 Å². The summed E-state index contributed by atoms with van der Waals surface area (Å²) in [6.45, 7) is 0. The standard InChI is InChI=1S/C17H16N4O2/c1-22-13-7-3-5-11(9-13)15-19-16(21-17(18)20-15)12-6-4-8-14(10-12)23-2/h3-10H,1-2H3,(H2,18,19,20,21). The van der Waals surface area contributed by atoms with Crippen molar-refractivity contribution in [2.24, 2.45) is 0 Å². The van der Waals surface area contributed by atoms with Crippen molar-refractivity contribution in [3.63, 3.8) is 0 Å². The quantitative estimate of drug-likeness (QED) is 0.798. The molecule has 0 saturated heterocycles. The summed E-state index contributed by atoms with van der Waals surface area (Å²) < 4.78 is 10.5. The van der Waals surface area contributed by atoms with E-state index in [4.69, 9.17) is 15.2 Å². The lowest BCUT2D eigenvalue weighted by molar-refractivity contribution is 0.415. The van der Waals surface area contributed by atoms with Crippen LogP contribution in [0.4, 0.5) is 5.95 Å². The maximum atomic E-state index is 5.85. The fraction of sp³-hybridized carbons (Fsp3) is 0.118. The van der Waals surface area contributed by atoms with E-state index in [-0.39, 0.29) is 5.95 Å². The molecule has 1 heterocycles. The number of methoxy groups -OCH3 is 2. The number of hydrogen-bond acceptors (Lipinski definition) is 6. The predicted molar refractivity (Wildman–Crippen MR) is 88.2 cm³/mol. The van der Waals surface area contributed by atoms with Crippen LogP contribution in [-0.4, -0.2) is 29.2 Å². The van der Waals surface area contributed by atoms with Crippen LogP contribution in [0, 0.1) is 0 Å². The van der Waals surface area contributed by atoms with Crippen LogP contribution in [0.25, 0.3) is 22.8 Å². The fourth-order valence-electron chi connectivity index (χ4n) is 2.17. The van der Waals surface area contributed by atoms with Gasteiger partial charge in [-0.3, -0.25) is 0 Å². The molecule has 0 unspecified atom stereocenters. The van der Waals surface area contributed by atoms with Crippen molar-refractivity contribution >= 4 is 5.95 Å². The molecule has 2 N–H and O–H groups in total. The van der Waals surface area contributed by atoms with Crippen molar-refractivity contribution in [1.29, 1.82) is 0 Å². The van der Waals surface area contributed by atoms with Gasteiger partial charge in [0.15, 0.2) is 11.6 Å². The van der Waals surface area contributed by atoms with E-state index < -0.39 is 0 Å². The molecule has 1 aromatic heterocycles. The van der Waals surface area contributed by atoms with Crippen LogP contribution in [0.3, 0.4) is 0 Å². The molecule has 0 aliphatic heterocycles. The Balaban J connectivity index is 2.08. The maximum absolute atomic E-state index is 5.85. The second-order valence-electron chi connectivity index (χ2n) is 4.80. The van der Waals surface area contributed by atoms with Crippen LogP contribution < -0.4 is 15.2 Å². The minimum absolute atomic E-state index is 0.163. The molecule has 6 heteroatoms. The second-order valence-corrected chi connectivity index (χ2v) is 4.80. The van der Waals surface area contributed by atoms with Crippen LogP contribution in [-0.2, 0) is 0 Å². The molecule has 6 nitrogen and oxygen atoms in total. The van der Waals surface area contributed by atoms with Crippen LogP contribution in [0.15, 0.2) is 48.5 Å². The summed E-state index contributed by atoms with van der Waals surface area (Å²) in [6.07, 6.45) is 0. The highest BCUT2D eigenvalue weighted by atomic mass is 16.5. The van der Waals surface area contributed by atoms with Gasteiger partial charge in [0.1, 0.15) is 11.5 Å². The summed E-state index contributed by atoms with van der Waals surface area (Å²) in [5, 5.41) is 0. The lowest BCUT2D eigenvalue weighted by atomic mass is 10.2. The number of nitrogens with two attached hydrogens (primary N) is 1. The molecule has 0 radical (unpaired) electrons. The number of nitrogens with zero attached hydrogens (tertiary/aromatic N) is 3. The Hall–Kier alpha value is -3.15. The normalized spacial score (nSPS) is 10.3. The van der Waals surface area contributed by atoms with Gasteiger partial charge < -0.3 is 15.2 Å². The average molecular weight is 308 g/mol. The zero-order chi connectivity index (χ0) is 16.2. The molecule has 2 aromatic carbocycles. The number of benzene rings is 2. The molecule has 0 amide bonds. The summed E-state index contributed by atoms with van der Waals surface area (Å²) >= 11 is 0. The van der Waals surface area contributed by atoms with E-state index >= 15 is 0 Å².